The third-order valence-corrected chi connectivity index (χ3v) is 8.73. The van der Waals surface area contributed by atoms with E-state index in [-0.39, 0.29) is 5.41 Å². The summed E-state index contributed by atoms with van der Waals surface area (Å²) in [6.07, 6.45) is 4.49. The number of hydrogen-bond acceptors (Lipinski definition) is 2. The van der Waals surface area contributed by atoms with Crippen molar-refractivity contribution in [2.24, 2.45) is 5.92 Å². The summed E-state index contributed by atoms with van der Waals surface area (Å²) in [5.74, 6) is 1.54. The van der Waals surface area contributed by atoms with Gasteiger partial charge >= 0.3 is 0 Å². The zero-order valence-electron chi connectivity index (χ0n) is 19.7. The molecule has 2 atom stereocenters. The lowest BCUT2D eigenvalue weighted by atomic mass is 9.58. The normalized spacial score (nSPS) is 22.4. The maximum Gasteiger partial charge on any atom is 0.119 e. The topological polar surface area (TPSA) is 28.3 Å². The number of fused-ring (bicyclic) bond motifs is 4. The maximum atomic E-state index is 5.64. The molecule has 3 nitrogen and oxygen atoms in total. The first-order valence-electron chi connectivity index (χ1n) is 12.3. The minimum atomic E-state index is 0.142. The van der Waals surface area contributed by atoms with Gasteiger partial charge in [0, 0.05) is 39.6 Å². The van der Waals surface area contributed by atoms with Gasteiger partial charge in [-0.25, -0.2) is 0 Å². The number of nitrogens with zero attached hydrogens (tertiary/aromatic N) is 1. The van der Waals surface area contributed by atoms with Gasteiger partial charge in [0.1, 0.15) is 5.75 Å². The number of methoxy groups -OCH3 is 1. The monoisotopic (exact) mass is 514 g/mol. The zero-order valence-corrected chi connectivity index (χ0v) is 21.3. The molecule has 0 bridgehead atoms. The molecule has 4 heteroatoms. The summed E-state index contributed by atoms with van der Waals surface area (Å²) >= 11 is 3.65. The van der Waals surface area contributed by atoms with Crippen LogP contribution in [0.5, 0.6) is 5.75 Å². The molecule has 1 aliphatic heterocycles. The van der Waals surface area contributed by atoms with E-state index in [0.29, 0.717) is 5.92 Å². The molecule has 1 aromatic heterocycles. The van der Waals surface area contributed by atoms with E-state index < -0.39 is 0 Å². The molecule has 0 spiro atoms. The van der Waals surface area contributed by atoms with E-state index >= 15 is 0 Å². The summed E-state index contributed by atoms with van der Waals surface area (Å²) in [4.78, 5) is 6.50. The Balaban J connectivity index is 1.35. The predicted octanol–water partition coefficient (Wildman–Crippen LogP) is 6.54. The number of nitrogens with one attached hydrogen (secondary N) is 1. The molecule has 1 fully saturated rings. The minimum Gasteiger partial charge on any atom is -0.497 e. The van der Waals surface area contributed by atoms with Gasteiger partial charge in [-0.15, -0.1) is 0 Å². The van der Waals surface area contributed by atoms with Gasteiger partial charge in [0.15, 0.2) is 0 Å². The fraction of sp³-hybridized carbons (Fsp3) is 0.333. The Labute approximate surface area is 210 Å². The van der Waals surface area contributed by atoms with Gasteiger partial charge in [-0.2, -0.15) is 0 Å². The number of rotatable bonds is 5. The van der Waals surface area contributed by atoms with Crippen LogP contribution in [0.2, 0.25) is 0 Å². The highest BCUT2D eigenvalue weighted by atomic mass is 79.9. The third kappa shape index (κ3) is 3.87. The number of likely N-dealkylation sites (tertiary alicyclic amines) is 1. The summed E-state index contributed by atoms with van der Waals surface area (Å²) in [7, 11) is 1.77. The fourth-order valence-electron chi connectivity index (χ4n) is 6.41. The van der Waals surface area contributed by atoms with Crippen LogP contribution in [0, 0.1) is 5.92 Å². The van der Waals surface area contributed by atoms with Gasteiger partial charge in [0.05, 0.1) is 7.11 Å². The molecule has 2 unspecified atom stereocenters. The van der Waals surface area contributed by atoms with Gasteiger partial charge in [0.2, 0.25) is 0 Å². The molecule has 2 aliphatic rings. The third-order valence-electron chi connectivity index (χ3n) is 8.24. The van der Waals surface area contributed by atoms with Crippen LogP contribution in [0.1, 0.15) is 28.8 Å². The summed E-state index contributed by atoms with van der Waals surface area (Å²) in [5, 5.41) is 1.39. The van der Waals surface area contributed by atoms with Crippen molar-refractivity contribution in [1.82, 2.24) is 9.88 Å². The average molecular weight is 515 g/mol. The average Bonchev–Trinajstić information content (AvgIpc) is 3.22. The molecule has 2 heterocycles. The summed E-state index contributed by atoms with van der Waals surface area (Å²) in [5.41, 5.74) is 7.20. The Morgan fingerprint density at radius 1 is 1.06 bits per heavy atom. The standard InChI is InChI=1S/C30H31BrN2O/c1-34-25-9-5-8-22(16-25)30-13-15-33(14-12-21-6-3-2-4-7-21)20-23(30)17-27-26-11-10-24(31)18-28(26)32-29(27)19-30/h2-11,16,18,23,32H,12-15,17,19-20H2,1H3. The van der Waals surface area contributed by atoms with E-state index in [1.165, 1.54) is 39.7 Å². The van der Waals surface area contributed by atoms with E-state index in [9.17, 15) is 0 Å². The molecule has 4 aromatic rings. The molecule has 0 amide bonds. The van der Waals surface area contributed by atoms with Gasteiger partial charge in [-0.3, -0.25) is 0 Å². The van der Waals surface area contributed by atoms with E-state index in [2.05, 4.69) is 98.6 Å². The lowest BCUT2D eigenvalue weighted by Gasteiger charge is -2.51. The molecule has 34 heavy (non-hydrogen) atoms. The van der Waals surface area contributed by atoms with Crippen LogP contribution >= 0.6 is 15.9 Å². The number of aromatic nitrogens is 1. The zero-order chi connectivity index (χ0) is 23.1. The van der Waals surface area contributed by atoms with Gasteiger partial charge in [-0.05, 0) is 79.1 Å². The van der Waals surface area contributed by atoms with Crippen molar-refractivity contribution in [2.75, 3.05) is 26.7 Å². The Bertz CT molecular complexity index is 1310. The number of halogens is 1. The fourth-order valence-corrected chi connectivity index (χ4v) is 6.77. The molecule has 6 rings (SSSR count). The largest absolute Gasteiger partial charge is 0.497 e. The Morgan fingerprint density at radius 2 is 1.94 bits per heavy atom. The van der Waals surface area contributed by atoms with Crippen LogP contribution in [0.15, 0.2) is 77.3 Å². The first-order valence-corrected chi connectivity index (χ1v) is 13.1. The molecule has 0 radical (unpaired) electrons. The van der Waals surface area contributed by atoms with Crippen LogP contribution in [0.3, 0.4) is 0 Å². The minimum absolute atomic E-state index is 0.142. The van der Waals surface area contributed by atoms with E-state index in [4.69, 9.17) is 4.74 Å². The van der Waals surface area contributed by atoms with Crippen molar-refractivity contribution >= 4 is 26.8 Å². The smallest absolute Gasteiger partial charge is 0.119 e. The van der Waals surface area contributed by atoms with Gasteiger partial charge in [-0.1, -0.05) is 64.5 Å². The summed E-state index contributed by atoms with van der Waals surface area (Å²) in [6, 6.07) is 26.4. The Morgan fingerprint density at radius 3 is 2.79 bits per heavy atom. The van der Waals surface area contributed by atoms with E-state index in [0.717, 1.165) is 49.1 Å². The second-order valence-electron chi connectivity index (χ2n) is 10.0. The second-order valence-corrected chi connectivity index (χ2v) is 10.9. The molecular weight excluding hydrogens is 484 g/mol. The SMILES string of the molecule is COc1cccc(C23CCN(CCc4ccccc4)CC2Cc2c([nH]c4cc(Br)ccc24)C3)c1. The van der Waals surface area contributed by atoms with Crippen LogP contribution in [0.4, 0.5) is 0 Å². The van der Waals surface area contributed by atoms with Crippen LogP contribution < -0.4 is 4.74 Å². The summed E-state index contributed by atoms with van der Waals surface area (Å²) in [6.45, 7) is 3.41. The van der Waals surface area contributed by atoms with Crippen molar-refractivity contribution in [3.8, 4) is 5.75 Å². The molecule has 1 N–H and O–H groups in total. The van der Waals surface area contributed by atoms with Crippen molar-refractivity contribution in [3.05, 3.63) is 99.7 Å². The Kier molecular flexibility index (Phi) is 5.74. The molecule has 3 aromatic carbocycles. The van der Waals surface area contributed by atoms with Crippen molar-refractivity contribution in [1.29, 1.82) is 0 Å². The number of piperidine rings is 1. The molecule has 174 valence electrons. The number of H-pyrrole nitrogens is 1. The predicted molar refractivity (Wildman–Crippen MR) is 143 cm³/mol. The van der Waals surface area contributed by atoms with Gasteiger partial charge < -0.3 is 14.6 Å². The lowest BCUT2D eigenvalue weighted by molar-refractivity contribution is 0.0822. The number of benzene rings is 3. The van der Waals surface area contributed by atoms with Crippen LogP contribution in [-0.4, -0.2) is 36.6 Å². The molecule has 1 saturated heterocycles. The first-order chi connectivity index (χ1) is 16.6. The quantitative estimate of drug-likeness (QED) is 0.327. The van der Waals surface area contributed by atoms with Crippen LogP contribution in [-0.2, 0) is 24.7 Å². The first kappa shape index (κ1) is 21.9. The highest BCUT2D eigenvalue weighted by Gasteiger charge is 2.48. The van der Waals surface area contributed by atoms with Crippen LogP contribution in [0.25, 0.3) is 10.9 Å². The summed E-state index contributed by atoms with van der Waals surface area (Å²) < 4.78 is 6.77. The van der Waals surface area contributed by atoms with Crippen molar-refractivity contribution < 1.29 is 4.74 Å². The second kappa shape index (κ2) is 8.90. The molecular formula is C30H31BrN2O. The lowest BCUT2D eigenvalue weighted by Crippen LogP contribution is -2.54. The van der Waals surface area contributed by atoms with Gasteiger partial charge in [0.25, 0.3) is 0 Å². The maximum absolute atomic E-state index is 5.64. The number of hydrogen-bond donors (Lipinski definition) is 1. The van der Waals surface area contributed by atoms with Crippen molar-refractivity contribution in [2.45, 2.75) is 31.1 Å². The number of aromatic amines is 1. The van der Waals surface area contributed by atoms with E-state index in [1.54, 1.807) is 7.11 Å². The number of ether oxygens (including phenoxy) is 1. The molecule has 0 saturated carbocycles. The van der Waals surface area contributed by atoms with E-state index in [1.807, 2.05) is 0 Å². The van der Waals surface area contributed by atoms with Crippen molar-refractivity contribution in [3.63, 3.8) is 0 Å². The molecule has 1 aliphatic carbocycles. The highest BCUT2D eigenvalue weighted by molar-refractivity contribution is 9.10. The Hall–Kier alpha value is -2.56. The highest BCUT2D eigenvalue weighted by Crippen LogP contribution is 2.49.